The largest absolute Gasteiger partial charge is 0.345 e. The lowest BCUT2D eigenvalue weighted by Gasteiger charge is -2.15. The number of hydrogen-bond acceptors (Lipinski definition) is 3. The molecule has 0 aliphatic rings. The smallest absolute Gasteiger partial charge is 0.270 e. The van der Waals surface area contributed by atoms with E-state index in [1.54, 1.807) is 0 Å². The molecular weight excluding hydrogens is 372 g/mol. The normalized spacial score (nSPS) is 11.8. The summed E-state index contributed by atoms with van der Waals surface area (Å²) < 4.78 is 0.952. The fourth-order valence-electron chi connectivity index (χ4n) is 1.91. The van der Waals surface area contributed by atoms with E-state index in [9.17, 15) is 14.9 Å². The maximum atomic E-state index is 12.2. The van der Waals surface area contributed by atoms with E-state index in [1.165, 1.54) is 18.2 Å². The third-order valence-corrected chi connectivity index (χ3v) is 3.97. The molecule has 114 valence electrons. The summed E-state index contributed by atoms with van der Waals surface area (Å²) in [5, 5.41) is 13.5. The number of nitrogens with one attached hydrogen (secondary N) is 1. The molecule has 0 aliphatic heterocycles. The topological polar surface area (TPSA) is 72.2 Å². The first kappa shape index (κ1) is 16.5. The fourth-order valence-corrected chi connectivity index (χ4v) is 2.44. The Bertz CT molecular complexity index is 719. The lowest BCUT2D eigenvalue weighted by atomic mass is 10.1. The highest BCUT2D eigenvalue weighted by Crippen LogP contribution is 2.23. The Kier molecular flexibility index (Phi) is 5.15. The van der Waals surface area contributed by atoms with Crippen LogP contribution >= 0.6 is 27.5 Å². The van der Waals surface area contributed by atoms with Crippen LogP contribution in [-0.4, -0.2) is 10.8 Å². The van der Waals surface area contributed by atoms with E-state index in [0.29, 0.717) is 0 Å². The monoisotopic (exact) mass is 382 g/mol. The van der Waals surface area contributed by atoms with Gasteiger partial charge in [0.25, 0.3) is 11.6 Å². The van der Waals surface area contributed by atoms with E-state index in [0.717, 1.165) is 10.0 Å². The van der Waals surface area contributed by atoms with Crippen molar-refractivity contribution in [2.75, 3.05) is 0 Å². The van der Waals surface area contributed by atoms with Crippen LogP contribution in [0.2, 0.25) is 5.02 Å². The Morgan fingerprint density at radius 3 is 2.45 bits per heavy atom. The summed E-state index contributed by atoms with van der Waals surface area (Å²) in [5.74, 6) is -0.379. The van der Waals surface area contributed by atoms with Crippen LogP contribution in [0.5, 0.6) is 0 Å². The molecule has 0 spiro atoms. The lowest BCUT2D eigenvalue weighted by molar-refractivity contribution is -0.384. The van der Waals surface area contributed by atoms with Crippen molar-refractivity contribution in [1.82, 2.24) is 5.32 Å². The second kappa shape index (κ2) is 6.89. The number of benzene rings is 2. The molecule has 1 amide bonds. The number of rotatable bonds is 4. The Morgan fingerprint density at radius 1 is 1.27 bits per heavy atom. The minimum atomic E-state index is -0.558. The predicted molar refractivity (Wildman–Crippen MR) is 88.1 cm³/mol. The van der Waals surface area contributed by atoms with Crippen molar-refractivity contribution >= 4 is 39.1 Å². The molecule has 0 radical (unpaired) electrons. The maximum Gasteiger partial charge on any atom is 0.270 e. The van der Waals surface area contributed by atoms with Crippen LogP contribution < -0.4 is 5.32 Å². The molecule has 2 rings (SSSR count). The van der Waals surface area contributed by atoms with E-state index in [2.05, 4.69) is 21.2 Å². The summed E-state index contributed by atoms with van der Waals surface area (Å²) in [6.45, 7) is 1.85. The van der Waals surface area contributed by atoms with Crippen LogP contribution in [0.1, 0.15) is 28.9 Å². The van der Waals surface area contributed by atoms with Crippen molar-refractivity contribution < 1.29 is 9.72 Å². The van der Waals surface area contributed by atoms with Crippen LogP contribution in [0.15, 0.2) is 46.9 Å². The van der Waals surface area contributed by atoms with Crippen LogP contribution in [0.25, 0.3) is 0 Å². The van der Waals surface area contributed by atoms with Gasteiger partial charge in [-0.15, -0.1) is 0 Å². The van der Waals surface area contributed by atoms with Gasteiger partial charge in [0.2, 0.25) is 0 Å². The zero-order chi connectivity index (χ0) is 16.3. The van der Waals surface area contributed by atoms with Crippen molar-refractivity contribution in [3.8, 4) is 0 Å². The average Bonchev–Trinajstić information content (AvgIpc) is 2.47. The summed E-state index contributed by atoms with van der Waals surface area (Å²) >= 11 is 9.30. The molecule has 1 N–H and O–H groups in total. The summed E-state index contributed by atoms with van der Waals surface area (Å²) in [4.78, 5) is 22.3. The third-order valence-electron chi connectivity index (χ3n) is 3.13. The molecule has 0 fully saturated rings. The molecule has 22 heavy (non-hydrogen) atoms. The molecule has 0 unspecified atom stereocenters. The number of carbonyl (C=O) groups excluding carboxylic acids is 1. The second-order valence-electron chi connectivity index (χ2n) is 4.67. The van der Waals surface area contributed by atoms with Gasteiger partial charge in [-0.1, -0.05) is 39.7 Å². The quantitative estimate of drug-likeness (QED) is 0.624. The van der Waals surface area contributed by atoms with Crippen LogP contribution in [-0.2, 0) is 0 Å². The third kappa shape index (κ3) is 3.84. The van der Waals surface area contributed by atoms with Gasteiger partial charge in [0.1, 0.15) is 0 Å². The fraction of sp³-hybridized carbons (Fsp3) is 0.133. The number of nitro benzene ring substituents is 1. The molecule has 2 aromatic carbocycles. The zero-order valence-electron chi connectivity index (χ0n) is 11.5. The summed E-state index contributed by atoms with van der Waals surface area (Å²) in [5.41, 5.74) is 0.994. The van der Waals surface area contributed by atoms with Gasteiger partial charge >= 0.3 is 0 Å². The molecule has 2 aromatic rings. The molecule has 0 saturated heterocycles. The minimum absolute atomic E-state index is 0.0507. The van der Waals surface area contributed by atoms with Crippen LogP contribution in [0.4, 0.5) is 5.69 Å². The van der Waals surface area contributed by atoms with Gasteiger partial charge in [0, 0.05) is 16.6 Å². The molecule has 0 saturated carbocycles. The van der Waals surface area contributed by atoms with Gasteiger partial charge in [-0.2, -0.15) is 0 Å². The standard InChI is InChI=1S/C15H12BrClN2O3/c1-9(10-2-4-11(16)5-3-10)18-15(20)13-7-6-12(19(21)22)8-14(13)17/h2-9H,1H3,(H,18,20)/t9-/m0/s1. The molecule has 1 atom stereocenters. The van der Waals surface area contributed by atoms with Crippen molar-refractivity contribution in [3.63, 3.8) is 0 Å². The van der Waals surface area contributed by atoms with E-state index >= 15 is 0 Å². The first-order valence-corrected chi connectivity index (χ1v) is 7.56. The van der Waals surface area contributed by atoms with E-state index in [1.807, 2.05) is 31.2 Å². The predicted octanol–water partition coefficient (Wildman–Crippen LogP) is 4.50. The van der Waals surface area contributed by atoms with Gasteiger partial charge < -0.3 is 5.32 Å². The molecule has 0 heterocycles. The van der Waals surface area contributed by atoms with Crippen molar-refractivity contribution in [1.29, 1.82) is 0 Å². The van der Waals surface area contributed by atoms with Gasteiger partial charge in [-0.3, -0.25) is 14.9 Å². The average molecular weight is 384 g/mol. The summed E-state index contributed by atoms with van der Waals surface area (Å²) in [6.07, 6.45) is 0. The highest BCUT2D eigenvalue weighted by atomic mass is 79.9. The summed E-state index contributed by atoms with van der Waals surface area (Å²) in [6, 6.07) is 11.1. The zero-order valence-corrected chi connectivity index (χ0v) is 13.9. The molecule has 7 heteroatoms. The number of hydrogen-bond donors (Lipinski definition) is 1. The molecule has 0 aromatic heterocycles. The Balaban J connectivity index is 2.15. The molecule has 0 bridgehead atoms. The minimum Gasteiger partial charge on any atom is -0.345 e. The molecular formula is C15H12BrClN2O3. The maximum absolute atomic E-state index is 12.2. The SMILES string of the molecule is C[C@H](NC(=O)c1ccc([N+](=O)[O-])cc1Cl)c1ccc(Br)cc1. The highest BCUT2D eigenvalue weighted by Gasteiger charge is 2.17. The Hall–Kier alpha value is -1.92. The number of halogens is 2. The highest BCUT2D eigenvalue weighted by molar-refractivity contribution is 9.10. The van der Waals surface area contributed by atoms with E-state index in [4.69, 9.17) is 11.6 Å². The first-order valence-electron chi connectivity index (χ1n) is 6.38. The van der Waals surface area contributed by atoms with Crippen molar-refractivity contribution in [3.05, 3.63) is 73.2 Å². The Morgan fingerprint density at radius 2 is 1.91 bits per heavy atom. The molecule has 5 nitrogen and oxygen atoms in total. The van der Waals surface area contributed by atoms with Crippen molar-refractivity contribution in [2.24, 2.45) is 0 Å². The number of non-ortho nitro benzene ring substituents is 1. The van der Waals surface area contributed by atoms with Gasteiger partial charge in [0.15, 0.2) is 0 Å². The van der Waals surface area contributed by atoms with E-state index in [-0.39, 0.29) is 28.2 Å². The number of amides is 1. The van der Waals surface area contributed by atoms with E-state index < -0.39 is 4.92 Å². The van der Waals surface area contributed by atoms with Gasteiger partial charge in [0.05, 0.1) is 21.6 Å². The molecule has 0 aliphatic carbocycles. The summed E-state index contributed by atoms with van der Waals surface area (Å²) in [7, 11) is 0. The number of nitrogens with zero attached hydrogens (tertiary/aromatic N) is 1. The van der Waals surface area contributed by atoms with Crippen LogP contribution in [0.3, 0.4) is 0 Å². The second-order valence-corrected chi connectivity index (χ2v) is 5.99. The number of nitro groups is 1. The number of carbonyl (C=O) groups is 1. The lowest BCUT2D eigenvalue weighted by Crippen LogP contribution is -2.26. The first-order chi connectivity index (χ1) is 10.4. The van der Waals surface area contributed by atoms with Gasteiger partial charge in [-0.05, 0) is 30.7 Å². The Labute approximate surface area is 140 Å². The van der Waals surface area contributed by atoms with Gasteiger partial charge in [-0.25, -0.2) is 0 Å². The van der Waals surface area contributed by atoms with Crippen molar-refractivity contribution in [2.45, 2.75) is 13.0 Å². The van der Waals surface area contributed by atoms with Crippen LogP contribution in [0, 0.1) is 10.1 Å².